The van der Waals surface area contributed by atoms with Crippen LogP contribution in [0.5, 0.6) is 0 Å². The van der Waals surface area contributed by atoms with Gasteiger partial charge in [0.1, 0.15) is 0 Å². The molecule has 3 N–H and O–H groups in total. The quantitative estimate of drug-likeness (QED) is 0.810. The lowest BCUT2D eigenvalue weighted by Gasteiger charge is -2.14. The number of nitrogens with one attached hydrogen (secondary N) is 1. The van der Waals surface area contributed by atoms with Gasteiger partial charge in [0.2, 0.25) is 5.91 Å². The van der Waals surface area contributed by atoms with Crippen LogP contribution in [-0.4, -0.2) is 21.7 Å². The number of nitrogens with two attached hydrogens (primary N) is 1. The Morgan fingerprint density at radius 2 is 2.25 bits per heavy atom. The maximum Gasteiger partial charge on any atom is 0.237 e. The number of hydrogen-bond acceptors (Lipinski definition) is 3. The topological polar surface area (TPSA) is 72.9 Å². The van der Waals surface area contributed by atoms with Crippen LogP contribution in [0.4, 0.5) is 0 Å². The Hall–Kier alpha value is -1.07. The van der Waals surface area contributed by atoms with Crippen molar-refractivity contribution in [3.8, 4) is 0 Å². The van der Waals surface area contributed by atoms with E-state index in [1.807, 2.05) is 27.1 Å². The highest BCUT2D eigenvalue weighted by Gasteiger charge is 2.16. The van der Waals surface area contributed by atoms with Crippen LogP contribution in [0.2, 0.25) is 0 Å². The molecule has 1 rings (SSSR count). The number of hydrogen-bond donors (Lipinski definition) is 2. The maximum atomic E-state index is 11.5. The van der Waals surface area contributed by atoms with Crippen LogP contribution in [0.3, 0.4) is 0 Å². The van der Waals surface area contributed by atoms with E-state index in [-0.39, 0.29) is 24.2 Å². The van der Waals surface area contributed by atoms with Crippen LogP contribution in [0, 0.1) is 5.92 Å². The number of rotatable bonds is 4. The van der Waals surface area contributed by atoms with Crippen molar-refractivity contribution in [3.63, 3.8) is 0 Å². The third kappa shape index (κ3) is 4.20. The Bertz CT molecular complexity index is 337. The summed E-state index contributed by atoms with van der Waals surface area (Å²) in [6.07, 6.45) is 3.59. The fourth-order valence-corrected chi connectivity index (χ4v) is 1.17. The number of nitrogens with zero attached hydrogens (tertiary/aromatic N) is 2. The van der Waals surface area contributed by atoms with Gasteiger partial charge in [0.15, 0.2) is 0 Å². The van der Waals surface area contributed by atoms with Gasteiger partial charge < -0.3 is 11.1 Å². The van der Waals surface area contributed by atoms with E-state index in [4.69, 9.17) is 5.73 Å². The molecule has 1 heterocycles. The average molecular weight is 247 g/mol. The standard InChI is InChI=1S/C10H18N4O.ClH/c1-7(2)9(11)10(15)12-4-8-5-13-14(3)6-8;/h5-7,9H,4,11H2,1-3H3,(H,12,15);1H. The summed E-state index contributed by atoms with van der Waals surface area (Å²) in [7, 11) is 1.84. The number of amides is 1. The first-order valence-electron chi connectivity index (χ1n) is 5.01. The molecular weight excluding hydrogens is 228 g/mol. The molecular formula is C10H19ClN4O. The summed E-state index contributed by atoms with van der Waals surface area (Å²) in [6.45, 7) is 4.33. The lowest BCUT2D eigenvalue weighted by atomic mass is 10.1. The molecule has 92 valence electrons. The minimum absolute atomic E-state index is 0. The smallest absolute Gasteiger partial charge is 0.237 e. The van der Waals surface area contributed by atoms with E-state index in [0.29, 0.717) is 6.54 Å². The van der Waals surface area contributed by atoms with Crippen molar-refractivity contribution < 1.29 is 4.79 Å². The van der Waals surface area contributed by atoms with Gasteiger partial charge in [-0.3, -0.25) is 9.48 Å². The Labute approximate surface area is 102 Å². The fourth-order valence-electron chi connectivity index (χ4n) is 1.17. The Morgan fingerprint density at radius 1 is 1.62 bits per heavy atom. The highest BCUT2D eigenvalue weighted by atomic mass is 35.5. The van der Waals surface area contributed by atoms with Crippen molar-refractivity contribution in [2.45, 2.75) is 26.4 Å². The second-order valence-electron chi connectivity index (χ2n) is 4.01. The Balaban J connectivity index is 0.00000225. The van der Waals surface area contributed by atoms with E-state index in [9.17, 15) is 4.79 Å². The molecule has 1 atom stereocenters. The molecule has 16 heavy (non-hydrogen) atoms. The zero-order valence-electron chi connectivity index (χ0n) is 9.80. The molecule has 0 aromatic carbocycles. The molecule has 1 amide bonds. The van der Waals surface area contributed by atoms with Gasteiger partial charge in [0, 0.05) is 25.4 Å². The van der Waals surface area contributed by atoms with Gasteiger partial charge in [-0.05, 0) is 5.92 Å². The summed E-state index contributed by atoms with van der Waals surface area (Å²) in [4.78, 5) is 11.5. The van der Waals surface area contributed by atoms with E-state index >= 15 is 0 Å². The molecule has 1 aromatic rings. The maximum absolute atomic E-state index is 11.5. The molecule has 0 bridgehead atoms. The first-order chi connectivity index (χ1) is 7.00. The lowest BCUT2D eigenvalue weighted by Crippen LogP contribution is -2.43. The molecule has 0 aliphatic carbocycles. The van der Waals surface area contributed by atoms with Crippen LogP contribution >= 0.6 is 12.4 Å². The molecule has 0 spiro atoms. The summed E-state index contributed by atoms with van der Waals surface area (Å²) in [5.41, 5.74) is 6.67. The van der Waals surface area contributed by atoms with Crippen LogP contribution in [0.25, 0.3) is 0 Å². The normalized spacial score (nSPS) is 12.1. The first kappa shape index (κ1) is 14.9. The predicted octanol–water partition coefficient (Wildman–Crippen LogP) is 0.441. The van der Waals surface area contributed by atoms with Crippen molar-refractivity contribution in [1.29, 1.82) is 0 Å². The van der Waals surface area contributed by atoms with Gasteiger partial charge in [-0.2, -0.15) is 5.10 Å². The Kier molecular flexibility index (Phi) is 6.06. The number of aryl methyl sites for hydroxylation is 1. The summed E-state index contributed by atoms with van der Waals surface area (Å²) >= 11 is 0. The van der Waals surface area contributed by atoms with Crippen LogP contribution < -0.4 is 11.1 Å². The summed E-state index contributed by atoms with van der Waals surface area (Å²) in [6, 6.07) is -0.443. The minimum Gasteiger partial charge on any atom is -0.351 e. The minimum atomic E-state index is -0.443. The third-order valence-corrected chi connectivity index (χ3v) is 2.25. The summed E-state index contributed by atoms with van der Waals surface area (Å²) in [5.74, 6) is 0.0350. The molecule has 1 aromatic heterocycles. The molecule has 0 saturated carbocycles. The molecule has 1 unspecified atom stereocenters. The van der Waals surface area contributed by atoms with E-state index in [0.717, 1.165) is 5.56 Å². The van der Waals surface area contributed by atoms with Gasteiger partial charge in [0.25, 0.3) is 0 Å². The van der Waals surface area contributed by atoms with Crippen molar-refractivity contribution in [2.24, 2.45) is 18.7 Å². The van der Waals surface area contributed by atoms with E-state index < -0.39 is 6.04 Å². The average Bonchev–Trinajstić information content (AvgIpc) is 2.59. The van der Waals surface area contributed by atoms with Crippen molar-refractivity contribution in [1.82, 2.24) is 15.1 Å². The second-order valence-corrected chi connectivity index (χ2v) is 4.01. The molecule has 6 heteroatoms. The molecule has 5 nitrogen and oxygen atoms in total. The van der Waals surface area contributed by atoms with Gasteiger partial charge in [-0.25, -0.2) is 0 Å². The van der Waals surface area contributed by atoms with E-state index in [1.54, 1.807) is 10.9 Å². The highest BCUT2D eigenvalue weighted by molar-refractivity contribution is 5.85. The van der Waals surface area contributed by atoms with Gasteiger partial charge >= 0.3 is 0 Å². The first-order valence-corrected chi connectivity index (χ1v) is 5.01. The van der Waals surface area contributed by atoms with Crippen molar-refractivity contribution in [2.75, 3.05) is 0 Å². The second kappa shape index (κ2) is 6.50. The molecule has 0 radical (unpaired) electrons. The van der Waals surface area contributed by atoms with Crippen molar-refractivity contribution >= 4 is 18.3 Å². The van der Waals surface area contributed by atoms with Crippen LogP contribution in [-0.2, 0) is 18.4 Å². The van der Waals surface area contributed by atoms with Crippen LogP contribution in [0.1, 0.15) is 19.4 Å². The molecule has 0 aliphatic rings. The Morgan fingerprint density at radius 3 is 2.69 bits per heavy atom. The van der Waals surface area contributed by atoms with Gasteiger partial charge in [0.05, 0.1) is 12.2 Å². The van der Waals surface area contributed by atoms with E-state index in [1.165, 1.54) is 0 Å². The third-order valence-electron chi connectivity index (χ3n) is 2.25. The van der Waals surface area contributed by atoms with Crippen molar-refractivity contribution in [3.05, 3.63) is 18.0 Å². The molecule has 0 aliphatic heterocycles. The number of halogens is 1. The van der Waals surface area contributed by atoms with Crippen LogP contribution in [0.15, 0.2) is 12.4 Å². The van der Waals surface area contributed by atoms with Gasteiger partial charge in [-0.1, -0.05) is 13.8 Å². The summed E-state index contributed by atoms with van der Waals surface area (Å²) in [5, 5.41) is 6.78. The summed E-state index contributed by atoms with van der Waals surface area (Å²) < 4.78 is 1.70. The zero-order valence-corrected chi connectivity index (χ0v) is 10.6. The van der Waals surface area contributed by atoms with E-state index in [2.05, 4.69) is 10.4 Å². The largest absolute Gasteiger partial charge is 0.351 e. The SMILES string of the molecule is CC(C)C(N)C(=O)NCc1cnn(C)c1.Cl. The molecule has 0 fully saturated rings. The number of carbonyl (C=O) groups is 1. The lowest BCUT2D eigenvalue weighted by molar-refractivity contribution is -0.123. The molecule has 0 saturated heterocycles. The fraction of sp³-hybridized carbons (Fsp3) is 0.600. The monoisotopic (exact) mass is 246 g/mol. The zero-order chi connectivity index (χ0) is 11.4. The van der Waals surface area contributed by atoms with Gasteiger partial charge in [-0.15, -0.1) is 12.4 Å². The predicted molar refractivity (Wildman–Crippen MR) is 65.1 cm³/mol. The highest BCUT2D eigenvalue weighted by Crippen LogP contribution is 1.99. The number of aromatic nitrogens is 2. The number of carbonyl (C=O) groups excluding carboxylic acids is 1.